The van der Waals surface area contributed by atoms with E-state index in [1.54, 1.807) is 0 Å². The van der Waals surface area contributed by atoms with E-state index < -0.39 is 29.3 Å². The van der Waals surface area contributed by atoms with Crippen molar-refractivity contribution >= 4 is 11.6 Å². The molecule has 1 atom stereocenters. The Balaban J connectivity index is 2.59. The average molecular weight is 305 g/mol. The lowest BCUT2D eigenvalue weighted by atomic mass is 9.98. The number of hydrazine groups is 1. The molecular weight excluding hydrogens is 296 g/mol. The van der Waals surface area contributed by atoms with Crippen LogP contribution in [0.1, 0.15) is 17.2 Å². The van der Waals surface area contributed by atoms with Crippen LogP contribution < -0.4 is 11.3 Å². The molecule has 0 radical (unpaired) electrons. The predicted molar refractivity (Wildman–Crippen MR) is 66.9 cm³/mol. The summed E-state index contributed by atoms with van der Waals surface area (Å²) in [5.41, 5.74) is 1.76. The maximum atomic E-state index is 13.9. The first-order valence-electron chi connectivity index (χ1n) is 5.50. The standard InChI is InChI=1S/C13H9ClF4N2/c14-8-3-1-2-6(10(8)16)13(20-19)7-4-5-9(15)12(18)11(7)17/h1-5,13,20H,19H2. The van der Waals surface area contributed by atoms with Gasteiger partial charge in [0.25, 0.3) is 0 Å². The van der Waals surface area contributed by atoms with Crippen molar-refractivity contribution in [1.82, 2.24) is 5.43 Å². The predicted octanol–water partition coefficient (Wildman–Crippen LogP) is 3.45. The third-order valence-electron chi connectivity index (χ3n) is 2.84. The van der Waals surface area contributed by atoms with Crippen LogP contribution in [0, 0.1) is 23.3 Å². The van der Waals surface area contributed by atoms with Gasteiger partial charge in [-0.3, -0.25) is 5.84 Å². The Kier molecular flexibility index (Phi) is 4.27. The summed E-state index contributed by atoms with van der Waals surface area (Å²) >= 11 is 5.63. The van der Waals surface area contributed by atoms with Gasteiger partial charge in [0.2, 0.25) is 0 Å². The number of hydrogen-bond acceptors (Lipinski definition) is 2. The first-order chi connectivity index (χ1) is 9.47. The van der Waals surface area contributed by atoms with Crippen LogP contribution in [-0.2, 0) is 0 Å². The minimum Gasteiger partial charge on any atom is -0.271 e. The summed E-state index contributed by atoms with van der Waals surface area (Å²) in [6.45, 7) is 0. The fourth-order valence-electron chi connectivity index (χ4n) is 1.85. The highest BCUT2D eigenvalue weighted by Gasteiger charge is 2.24. The van der Waals surface area contributed by atoms with Crippen molar-refractivity contribution in [2.24, 2.45) is 5.84 Å². The smallest absolute Gasteiger partial charge is 0.194 e. The summed E-state index contributed by atoms with van der Waals surface area (Å²) in [5.74, 6) is 0.0270. The Morgan fingerprint density at radius 2 is 1.55 bits per heavy atom. The van der Waals surface area contributed by atoms with Crippen LogP contribution in [0.25, 0.3) is 0 Å². The third-order valence-corrected chi connectivity index (χ3v) is 3.13. The summed E-state index contributed by atoms with van der Waals surface area (Å²) in [5, 5.41) is -0.189. The van der Waals surface area contributed by atoms with Gasteiger partial charge in [0.05, 0.1) is 11.1 Å². The molecular formula is C13H9ClF4N2. The lowest BCUT2D eigenvalue weighted by Gasteiger charge is -2.19. The molecule has 2 aromatic carbocycles. The summed E-state index contributed by atoms with van der Waals surface area (Å²) in [6, 6.07) is 4.56. The van der Waals surface area contributed by atoms with E-state index in [1.165, 1.54) is 18.2 Å². The maximum Gasteiger partial charge on any atom is 0.194 e. The molecule has 0 amide bonds. The number of benzene rings is 2. The van der Waals surface area contributed by atoms with Gasteiger partial charge in [0, 0.05) is 11.1 Å². The van der Waals surface area contributed by atoms with Crippen molar-refractivity contribution in [3.05, 3.63) is 69.8 Å². The van der Waals surface area contributed by atoms with E-state index in [0.717, 1.165) is 12.1 Å². The summed E-state index contributed by atoms with van der Waals surface area (Å²) < 4.78 is 53.8. The van der Waals surface area contributed by atoms with Gasteiger partial charge >= 0.3 is 0 Å². The monoisotopic (exact) mass is 304 g/mol. The van der Waals surface area contributed by atoms with Gasteiger partial charge in [-0.15, -0.1) is 0 Å². The van der Waals surface area contributed by atoms with Gasteiger partial charge in [-0.05, 0) is 12.1 Å². The minimum atomic E-state index is -1.65. The Morgan fingerprint density at radius 3 is 2.20 bits per heavy atom. The first kappa shape index (κ1) is 14.8. The molecule has 2 rings (SSSR count). The summed E-state index contributed by atoms with van der Waals surface area (Å²) in [7, 11) is 0. The number of halogens is 5. The van der Waals surface area contributed by atoms with Crippen LogP contribution in [0.5, 0.6) is 0 Å². The lowest BCUT2D eigenvalue weighted by molar-refractivity contribution is 0.431. The molecule has 0 spiro atoms. The Bertz CT molecular complexity index is 649. The van der Waals surface area contributed by atoms with E-state index in [1.807, 2.05) is 0 Å². The van der Waals surface area contributed by atoms with Crippen molar-refractivity contribution in [1.29, 1.82) is 0 Å². The van der Waals surface area contributed by atoms with Gasteiger partial charge < -0.3 is 0 Å². The van der Waals surface area contributed by atoms with Crippen LogP contribution in [0.15, 0.2) is 30.3 Å². The molecule has 0 aliphatic heterocycles. The molecule has 7 heteroatoms. The van der Waals surface area contributed by atoms with Gasteiger partial charge in [0.1, 0.15) is 5.82 Å². The average Bonchev–Trinajstić information content (AvgIpc) is 2.44. The van der Waals surface area contributed by atoms with Crippen molar-refractivity contribution in [3.63, 3.8) is 0 Å². The molecule has 0 aromatic heterocycles. The van der Waals surface area contributed by atoms with Gasteiger partial charge in [-0.1, -0.05) is 29.8 Å². The minimum absolute atomic E-state index is 0.0788. The molecule has 1 unspecified atom stereocenters. The van der Waals surface area contributed by atoms with Gasteiger partial charge in [-0.2, -0.15) is 0 Å². The van der Waals surface area contributed by atoms with Crippen molar-refractivity contribution in [2.75, 3.05) is 0 Å². The second-order valence-corrected chi connectivity index (χ2v) is 4.41. The van der Waals surface area contributed by atoms with Crippen LogP contribution in [0.2, 0.25) is 5.02 Å². The first-order valence-corrected chi connectivity index (χ1v) is 5.88. The van der Waals surface area contributed by atoms with Gasteiger partial charge in [0.15, 0.2) is 17.5 Å². The normalized spacial score (nSPS) is 12.5. The zero-order valence-electron chi connectivity index (χ0n) is 9.93. The zero-order chi connectivity index (χ0) is 14.9. The molecule has 0 bridgehead atoms. The number of rotatable bonds is 3. The lowest BCUT2D eigenvalue weighted by Crippen LogP contribution is -2.30. The van der Waals surface area contributed by atoms with E-state index in [2.05, 4.69) is 5.43 Å². The molecule has 106 valence electrons. The summed E-state index contributed by atoms with van der Waals surface area (Å²) in [4.78, 5) is 0. The Labute approximate surface area is 117 Å². The second-order valence-electron chi connectivity index (χ2n) is 4.01. The zero-order valence-corrected chi connectivity index (χ0v) is 10.7. The molecule has 3 N–H and O–H groups in total. The van der Waals surface area contributed by atoms with Crippen LogP contribution >= 0.6 is 11.6 Å². The fourth-order valence-corrected chi connectivity index (χ4v) is 2.04. The number of nitrogens with one attached hydrogen (secondary N) is 1. The highest BCUT2D eigenvalue weighted by molar-refractivity contribution is 6.30. The van der Waals surface area contributed by atoms with E-state index in [9.17, 15) is 17.6 Å². The van der Waals surface area contributed by atoms with Crippen molar-refractivity contribution < 1.29 is 17.6 Å². The van der Waals surface area contributed by atoms with E-state index in [4.69, 9.17) is 17.4 Å². The summed E-state index contributed by atoms with van der Waals surface area (Å²) in [6.07, 6.45) is 0. The molecule has 0 saturated heterocycles. The van der Waals surface area contributed by atoms with Crippen LogP contribution in [0.3, 0.4) is 0 Å². The second kappa shape index (κ2) is 5.78. The Morgan fingerprint density at radius 1 is 0.900 bits per heavy atom. The van der Waals surface area contributed by atoms with Crippen molar-refractivity contribution in [3.8, 4) is 0 Å². The van der Waals surface area contributed by atoms with Crippen LogP contribution in [0.4, 0.5) is 17.6 Å². The largest absolute Gasteiger partial charge is 0.271 e. The topological polar surface area (TPSA) is 38.0 Å². The third kappa shape index (κ3) is 2.49. The molecule has 0 heterocycles. The van der Waals surface area contributed by atoms with Gasteiger partial charge in [-0.25, -0.2) is 23.0 Å². The fraction of sp³-hybridized carbons (Fsp3) is 0.0769. The van der Waals surface area contributed by atoms with E-state index in [-0.39, 0.29) is 16.1 Å². The SMILES string of the molecule is NNC(c1cccc(Cl)c1F)c1ccc(F)c(F)c1F. The highest BCUT2D eigenvalue weighted by atomic mass is 35.5. The molecule has 20 heavy (non-hydrogen) atoms. The maximum absolute atomic E-state index is 13.9. The van der Waals surface area contributed by atoms with E-state index >= 15 is 0 Å². The molecule has 0 fully saturated rings. The van der Waals surface area contributed by atoms with Crippen LogP contribution in [-0.4, -0.2) is 0 Å². The molecule has 0 saturated carbocycles. The number of hydrogen-bond donors (Lipinski definition) is 2. The van der Waals surface area contributed by atoms with E-state index in [0.29, 0.717) is 0 Å². The highest BCUT2D eigenvalue weighted by Crippen LogP contribution is 2.30. The number of nitrogens with two attached hydrogens (primary N) is 1. The molecule has 0 aliphatic carbocycles. The molecule has 2 nitrogen and oxygen atoms in total. The van der Waals surface area contributed by atoms with Crippen molar-refractivity contribution in [2.45, 2.75) is 6.04 Å². The Hall–Kier alpha value is -1.63. The molecule has 2 aromatic rings. The molecule has 0 aliphatic rings. The quantitative estimate of drug-likeness (QED) is 0.394.